The Bertz CT molecular complexity index is 646. The summed E-state index contributed by atoms with van der Waals surface area (Å²) in [6.45, 7) is 1.96. The molecule has 4 nitrogen and oxygen atoms in total. The summed E-state index contributed by atoms with van der Waals surface area (Å²) in [6, 6.07) is 2.74. The first kappa shape index (κ1) is 13.5. The fourth-order valence-electron chi connectivity index (χ4n) is 1.86. The third-order valence-electron chi connectivity index (χ3n) is 2.63. The number of nitrogens with zero attached hydrogens (tertiary/aromatic N) is 1. The number of pyridine rings is 1. The van der Waals surface area contributed by atoms with Gasteiger partial charge in [-0.05, 0) is 19.1 Å². The number of fused-ring (bicyclic) bond motifs is 1. The Kier molecular flexibility index (Phi) is 3.85. The molecule has 6 heteroatoms. The molecule has 1 N–H and O–H groups in total. The first-order chi connectivity index (χ1) is 9.08. The number of carbonyl (C=O) groups excluding carboxylic acids is 1. The molecule has 0 saturated carbocycles. The Morgan fingerprint density at radius 1 is 1.53 bits per heavy atom. The largest absolute Gasteiger partial charge is 0.462 e. The maximum absolute atomic E-state index is 13.8. The summed E-state index contributed by atoms with van der Waals surface area (Å²) < 4.78 is 18.7. The summed E-state index contributed by atoms with van der Waals surface area (Å²) in [7, 11) is 1.64. The molecule has 2 aromatic rings. The lowest BCUT2D eigenvalue weighted by Gasteiger charge is -2.11. The molecule has 1 aromatic heterocycles. The molecule has 0 radical (unpaired) electrons. The average molecular weight is 283 g/mol. The third-order valence-corrected chi connectivity index (χ3v) is 2.85. The molecule has 0 aliphatic carbocycles. The van der Waals surface area contributed by atoms with Crippen molar-refractivity contribution in [3.05, 3.63) is 34.7 Å². The van der Waals surface area contributed by atoms with Gasteiger partial charge in [0, 0.05) is 23.7 Å². The number of ether oxygens (including phenoxy) is 1. The Hall–Kier alpha value is -1.88. The maximum atomic E-state index is 13.8. The van der Waals surface area contributed by atoms with E-state index in [4.69, 9.17) is 16.3 Å². The van der Waals surface area contributed by atoms with Crippen LogP contribution in [0.4, 0.5) is 10.1 Å². The number of hydrogen-bond acceptors (Lipinski definition) is 4. The number of esters is 1. The Morgan fingerprint density at radius 3 is 2.89 bits per heavy atom. The number of aromatic nitrogens is 1. The predicted octanol–water partition coefficient (Wildman–Crippen LogP) is 3.25. The molecule has 0 aliphatic rings. The fourth-order valence-corrected chi connectivity index (χ4v) is 2.06. The molecule has 0 aliphatic heterocycles. The highest BCUT2D eigenvalue weighted by atomic mass is 35.5. The molecule has 1 heterocycles. The van der Waals surface area contributed by atoms with E-state index in [0.29, 0.717) is 11.1 Å². The van der Waals surface area contributed by atoms with Gasteiger partial charge in [0.25, 0.3) is 0 Å². The van der Waals surface area contributed by atoms with Crippen molar-refractivity contribution in [3.63, 3.8) is 0 Å². The highest BCUT2D eigenvalue weighted by Gasteiger charge is 2.17. The number of hydrogen-bond donors (Lipinski definition) is 1. The topological polar surface area (TPSA) is 51.2 Å². The van der Waals surface area contributed by atoms with Gasteiger partial charge in [0.15, 0.2) is 5.82 Å². The van der Waals surface area contributed by atoms with E-state index in [1.165, 1.54) is 12.3 Å². The second-order valence-corrected chi connectivity index (χ2v) is 4.24. The van der Waals surface area contributed by atoms with E-state index >= 15 is 0 Å². The molecule has 0 saturated heterocycles. The molecule has 1 aromatic carbocycles. The van der Waals surface area contributed by atoms with Crippen LogP contribution in [0.15, 0.2) is 18.3 Å². The van der Waals surface area contributed by atoms with Crippen LogP contribution in [0.1, 0.15) is 17.3 Å². The van der Waals surface area contributed by atoms with Crippen LogP contribution < -0.4 is 5.32 Å². The van der Waals surface area contributed by atoms with Crippen LogP contribution >= 0.6 is 11.6 Å². The highest BCUT2D eigenvalue weighted by molar-refractivity contribution is 6.31. The second kappa shape index (κ2) is 5.40. The Morgan fingerprint density at radius 2 is 2.26 bits per heavy atom. The van der Waals surface area contributed by atoms with E-state index in [0.717, 1.165) is 0 Å². The molecular weight excluding hydrogens is 271 g/mol. The number of benzene rings is 1. The summed E-state index contributed by atoms with van der Waals surface area (Å²) in [5, 5.41) is 3.55. The average Bonchev–Trinajstić information content (AvgIpc) is 2.37. The van der Waals surface area contributed by atoms with E-state index in [2.05, 4.69) is 10.3 Å². The predicted molar refractivity (Wildman–Crippen MR) is 72.2 cm³/mol. The van der Waals surface area contributed by atoms with Gasteiger partial charge in [-0.25, -0.2) is 9.18 Å². The maximum Gasteiger partial charge on any atom is 0.341 e. The molecule has 0 bridgehead atoms. The molecule has 0 unspecified atom stereocenters. The lowest BCUT2D eigenvalue weighted by atomic mass is 10.1. The number of anilines is 1. The Balaban J connectivity index is 2.72. The SMILES string of the molecule is CCOC(=O)c1cnc2c(F)cc(Cl)cc2c1NC. The summed E-state index contributed by atoms with van der Waals surface area (Å²) in [5.41, 5.74) is 0.852. The van der Waals surface area contributed by atoms with Crippen molar-refractivity contribution in [2.45, 2.75) is 6.92 Å². The van der Waals surface area contributed by atoms with E-state index in [1.807, 2.05) is 0 Å². The lowest BCUT2D eigenvalue weighted by Crippen LogP contribution is -2.09. The van der Waals surface area contributed by atoms with Gasteiger partial charge >= 0.3 is 5.97 Å². The van der Waals surface area contributed by atoms with Gasteiger partial charge < -0.3 is 10.1 Å². The minimum absolute atomic E-state index is 0.154. The van der Waals surface area contributed by atoms with Crippen LogP contribution in [-0.2, 0) is 4.74 Å². The van der Waals surface area contributed by atoms with Crippen LogP contribution in [0.25, 0.3) is 10.9 Å². The van der Waals surface area contributed by atoms with Crippen molar-refractivity contribution in [3.8, 4) is 0 Å². The van der Waals surface area contributed by atoms with Crippen LogP contribution in [0.5, 0.6) is 0 Å². The van der Waals surface area contributed by atoms with Crippen molar-refractivity contribution >= 4 is 34.2 Å². The van der Waals surface area contributed by atoms with Crippen LogP contribution in [0.3, 0.4) is 0 Å². The van der Waals surface area contributed by atoms with Crippen molar-refractivity contribution in [1.82, 2.24) is 4.98 Å². The molecule has 100 valence electrons. The molecular formula is C13H12ClFN2O2. The van der Waals surface area contributed by atoms with Gasteiger partial charge in [-0.15, -0.1) is 0 Å². The third kappa shape index (κ3) is 2.46. The Labute approximate surface area is 114 Å². The molecule has 0 spiro atoms. The molecule has 0 fully saturated rings. The molecule has 2 rings (SSSR count). The first-order valence-corrected chi connectivity index (χ1v) is 6.09. The van der Waals surface area contributed by atoms with Crippen molar-refractivity contribution < 1.29 is 13.9 Å². The van der Waals surface area contributed by atoms with Gasteiger partial charge in [0.2, 0.25) is 0 Å². The quantitative estimate of drug-likeness (QED) is 0.878. The minimum atomic E-state index is -0.533. The number of rotatable bonds is 3. The van der Waals surface area contributed by atoms with Crippen molar-refractivity contribution in [2.75, 3.05) is 19.0 Å². The lowest BCUT2D eigenvalue weighted by molar-refractivity contribution is 0.0527. The standard InChI is InChI=1S/C13H12ClFN2O2/c1-3-19-13(18)9-6-17-12-8(11(9)16-2)4-7(14)5-10(12)15/h4-6H,3H2,1-2H3,(H,16,17). The molecule has 0 amide bonds. The van der Waals surface area contributed by atoms with Crippen LogP contribution in [0, 0.1) is 5.82 Å². The fraction of sp³-hybridized carbons (Fsp3) is 0.231. The van der Waals surface area contributed by atoms with Crippen LogP contribution in [-0.4, -0.2) is 24.6 Å². The number of halogens is 2. The first-order valence-electron chi connectivity index (χ1n) is 5.71. The van der Waals surface area contributed by atoms with Crippen LogP contribution in [0.2, 0.25) is 5.02 Å². The summed E-state index contributed by atoms with van der Waals surface area (Å²) >= 11 is 5.83. The second-order valence-electron chi connectivity index (χ2n) is 3.80. The van der Waals surface area contributed by atoms with E-state index < -0.39 is 11.8 Å². The number of carbonyl (C=O) groups is 1. The van der Waals surface area contributed by atoms with Gasteiger partial charge in [0.05, 0.1) is 12.3 Å². The highest BCUT2D eigenvalue weighted by Crippen LogP contribution is 2.30. The van der Waals surface area contributed by atoms with Gasteiger partial charge in [-0.2, -0.15) is 0 Å². The normalized spacial score (nSPS) is 10.5. The van der Waals surface area contributed by atoms with Gasteiger partial charge in [0.1, 0.15) is 11.1 Å². The number of nitrogens with one attached hydrogen (secondary N) is 1. The van der Waals surface area contributed by atoms with Gasteiger partial charge in [-0.1, -0.05) is 11.6 Å². The van der Waals surface area contributed by atoms with Crippen molar-refractivity contribution in [2.24, 2.45) is 0 Å². The van der Waals surface area contributed by atoms with E-state index in [1.54, 1.807) is 20.0 Å². The summed E-state index contributed by atoms with van der Waals surface area (Å²) in [6.07, 6.45) is 1.29. The van der Waals surface area contributed by atoms with E-state index in [9.17, 15) is 9.18 Å². The summed E-state index contributed by atoms with van der Waals surface area (Å²) in [5.74, 6) is -1.05. The minimum Gasteiger partial charge on any atom is -0.462 e. The monoisotopic (exact) mass is 282 g/mol. The van der Waals surface area contributed by atoms with Crippen molar-refractivity contribution in [1.29, 1.82) is 0 Å². The zero-order chi connectivity index (χ0) is 14.0. The van der Waals surface area contributed by atoms with E-state index in [-0.39, 0.29) is 22.7 Å². The molecule has 19 heavy (non-hydrogen) atoms. The smallest absolute Gasteiger partial charge is 0.341 e. The zero-order valence-electron chi connectivity index (χ0n) is 10.5. The summed E-state index contributed by atoms with van der Waals surface area (Å²) in [4.78, 5) is 15.8. The van der Waals surface area contributed by atoms with Gasteiger partial charge in [-0.3, -0.25) is 4.98 Å². The zero-order valence-corrected chi connectivity index (χ0v) is 11.2. The molecule has 0 atom stereocenters.